The molecule has 0 atom stereocenters. The summed E-state index contributed by atoms with van der Waals surface area (Å²) in [5, 5.41) is 0. The van der Waals surface area contributed by atoms with E-state index in [2.05, 4.69) is 13.2 Å². The molecular weight excluding hydrogens is 188 g/mol. The highest BCUT2D eigenvalue weighted by atomic mass is 16.5. The summed E-state index contributed by atoms with van der Waals surface area (Å²) in [4.78, 5) is 0. The predicted octanol–water partition coefficient (Wildman–Crippen LogP) is 3.59. The van der Waals surface area contributed by atoms with Gasteiger partial charge in [0.1, 0.15) is 11.5 Å². The van der Waals surface area contributed by atoms with E-state index in [1.807, 2.05) is 26.8 Å². The second-order valence-electron chi connectivity index (χ2n) is 3.33. The Bertz CT molecular complexity index is 283. The molecule has 0 heterocycles. The van der Waals surface area contributed by atoms with E-state index in [0.29, 0.717) is 5.76 Å². The molecule has 0 aliphatic rings. The van der Waals surface area contributed by atoms with Crippen molar-refractivity contribution in [1.82, 2.24) is 0 Å². The molecule has 0 aliphatic heterocycles. The molecule has 0 N–H and O–H groups in total. The first-order valence-electron chi connectivity index (χ1n) is 4.93. The second-order valence-corrected chi connectivity index (χ2v) is 3.33. The van der Waals surface area contributed by atoms with Crippen molar-refractivity contribution in [2.24, 2.45) is 0 Å². The van der Waals surface area contributed by atoms with Crippen LogP contribution in [0.15, 0.2) is 48.5 Å². The molecule has 0 saturated carbocycles. The van der Waals surface area contributed by atoms with E-state index in [-0.39, 0.29) is 6.10 Å². The molecule has 2 nitrogen and oxygen atoms in total. The van der Waals surface area contributed by atoms with Crippen LogP contribution in [0.2, 0.25) is 0 Å². The van der Waals surface area contributed by atoms with Crippen LogP contribution in [0, 0.1) is 0 Å². The van der Waals surface area contributed by atoms with Gasteiger partial charge in [-0.3, -0.25) is 0 Å². The molecule has 0 aliphatic carbocycles. The molecular formula is C13H20O2. The van der Waals surface area contributed by atoms with Crippen molar-refractivity contribution in [2.45, 2.75) is 26.9 Å². The molecule has 0 rings (SSSR count). The van der Waals surface area contributed by atoms with E-state index in [0.717, 1.165) is 11.3 Å². The van der Waals surface area contributed by atoms with Crippen LogP contribution in [0.3, 0.4) is 0 Å². The molecule has 15 heavy (non-hydrogen) atoms. The van der Waals surface area contributed by atoms with Gasteiger partial charge in [-0.2, -0.15) is 0 Å². The fourth-order valence-electron chi connectivity index (χ4n) is 1.12. The molecule has 0 amide bonds. The van der Waals surface area contributed by atoms with E-state index in [1.165, 1.54) is 0 Å². The Hall–Kier alpha value is -1.44. The zero-order valence-electron chi connectivity index (χ0n) is 10.0. The lowest BCUT2D eigenvalue weighted by Gasteiger charge is -2.15. The van der Waals surface area contributed by atoms with E-state index in [4.69, 9.17) is 9.47 Å². The van der Waals surface area contributed by atoms with Crippen LogP contribution in [0.5, 0.6) is 0 Å². The van der Waals surface area contributed by atoms with Crippen molar-refractivity contribution in [3.8, 4) is 0 Å². The van der Waals surface area contributed by atoms with Crippen LogP contribution < -0.4 is 0 Å². The highest BCUT2D eigenvalue weighted by Crippen LogP contribution is 2.18. The Morgan fingerprint density at radius 2 is 1.87 bits per heavy atom. The van der Waals surface area contributed by atoms with Gasteiger partial charge in [0.2, 0.25) is 0 Å². The van der Waals surface area contributed by atoms with Gasteiger partial charge in [-0.15, -0.1) is 0 Å². The fraction of sp³-hybridized carbons (Fsp3) is 0.385. The van der Waals surface area contributed by atoms with Crippen molar-refractivity contribution in [1.29, 1.82) is 0 Å². The second kappa shape index (κ2) is 6.93. The molecule has 0 radical (unpaired) electrons. The van der Waals surface area contributed by atoms with Gasteiger partial charge >= 0.3 is 0 Å². The third-order valence-electron chi connectivity index (χ3n) is 1.78. The summed E-state index contributed by atoms with van der Waals surface area (Å²) in [6.45, 7) is 13.2. The molecule has 0 aromatic heterocycles. The molecule has 0 aromatic rings. The largest absolute Gasteiger partial charge is 0.496 e. The van der Waals surface area contributed by atoms with Gasteiger partial charge in [-0.05, 0) is 32.9 Å². The number of hydrogen-bond donors (Lipinski definition) is 0. The first-order valence-corrected chi connectivity index (χ1v) is 4.93. The van der Waals surface area contributed by atoms with E-state index < -0.39 is 0 Å². The maximum absolute atomic E-state index is 5.64. The quantitative estimate of drug-likeness (QED) is 0.490. The molecule has 0 fully saturated rings. The maximum atomic E-state index is 5.64. The molecule has 0 bridgehead atoms. The highest BCUT2D eigenvalue weighted by Gasteiger charge is 2.07. The van der Waals surface area contributed by atoms with Gasteiger partial charge in [0, 0.05) is 5.57 Å². The van der Waals surface area contributed by atoms with Gasteiger partial charge in [0.15, 0.2) is 0 Å². The summed E-state index contributed by atoms with van der Waals surface area (Å²) in [5.41, 5.74) is 0.918. The minimum absolute atomic E-state index is 0.120. The van der Waals surface area contributed by atoms with Crippen LogP contribution in [-0.4, -0.2) is 13.2 Å². The summed E-state index contributed by atoms with van der Waals surface area (Å²) in [5.74, 6) is 1.47. The van der Waals surface area contributed by atoms with Crippen molar-refractivity contribution < 1.29 is 9.47 Å². The Labute approximate surface area is 92.6 Å². The lowest BCUT2D eigenvalue weighted by Crippen LogP contribution is -2.05. The molecule has 2 heteroatoms. The van der Waals surface area contributed by atoms with Crippen LogP contribution in [0.25, 0.3) is 0 Å². The van der Waals surface area contributed by atoms with Gasteiger partial charge in [-0.25, -0.2) is 0 Å². The SMILES string of the molecule is C=C/C=C(OC(C)C)\C(C)=C(/C=C)OC. The predicted molar refractivity (Wildman–Crippen MR) is 64.4 cm³/mol. The third-order valence-corrected chi connectivity index (χ3v) is 1.78. The molecule has 84 valence electrons. The standard InChI is InChI=1S/C13H20O2/c1-7-9-13(15-10(3)4)11(5)12(8-2)14-6/h7-10H,1-2H2,3-6H3/b12-11+,13-9+. The van der Waals surface area contributed by atoms with Crippen molar-refractivity contribution in [3.63, 3.8) is 0 Å². The van der Waals surface area contributed by atoms with Crippen molar-refractivity contribution >= 4 is 0 Å². The Kier molecular flexibility index (Phi) is 6.27. The number of rotatable bonds is 6. The van der Waals surface area contributed by atoms with E-state index in [9.17, 15) is 0 Å². The van der Waals surface area contributed by atoms with Crippen molar-refractivity contribution in [2.75, 3.05) is 7.11 Å². The zero-order chi connectivity index (χ0) is 11.8. The number of methoxy groups -OCH3 is 1. The van der Waals surface area contributed by atoms with Crippen molar-refractivity contribution in [3.05, 3.63) is 48.5 Å². The van der Waals surface area contributed by atoms with Gasteiger partial charge in [0.25, 0.3) is 0 Å². The molecule has 0 saturated heterocycles. The minimum atomic E-state index is 0.120. The summed E-state index contributed by atoms with van der Waals surface area (Å²) in [6.07, 6.45) is 5.29. The topological polar surface area (TPSA) is 18.5 Å². The first kappa shape index (κ1) is 13.6. The third kappa shape index (κ3) is 4.54. The number of ether oxygens (including phenoxy) is 2. The Morgan fingerprint density at radius 1 is 1.27 bits per heavy atom. The summed E-state index contributed by atoms with van der Waals surface area (Å²) in [7, 11) is 1.61. The Balaban J connectivity index is 5.07. The minimum Gasteiger partial charge on any atom is -0.496 e. The molecule has 0 unspecified atom stereocenters. The lowest BCUT2D eigenvalue weighted by atomic mass is 10.2. The number of allylic oxidation sites excluding steroid dienone is 4. The van der Waals surface area contributed by atoms with Gasteiger partial charge < -0.3 is 9.47 Å². The maximum Gasteiger partial charge on any atom is 0.126 e. The van der Waals surface area contributed by atoms with Crippen LogP contribution in [-0.2, 0) is 9.47 Å². The van der Waals surface area contributed by atoms with Crippen LogP contribution >= 0.6 is 0 Å². The normalized spacial score (nSPS) is 13.3. The van der Waals surface area contributed by atoms with Crippen LogP contribution in [0.4, 0.5) is 0 Å². The Morgan fingerprint density at radius 3 is 2.20 bits per heavy atom. The van der Waals surface area contributed by atoms with E-state index >= 15 is 0 Å². The monoisotopic (exact) mass is 208 g/mol. The zero-order valence-corrected chi connectivity index (χ0v) is 10.0. The van der Waals surface area contributed by atoms with E-state index in [1.54, 1.807) is 19.3 Å². The molecule has 0 aromatic carbocycles. The highest BCUT2D eigenvalue weighted by molar-refractivity contribution is 5.33. The average molecular weight is 208 g/mol. The van der Waals surface area contributed by atoms with Crippen LogP contribution in [0.1, 0.15) is 20.8 Å². The summed E-state index contributed by atoms with van der Waals surface area (Å²) in [6, 6.07) is 0. The lowest BCUT2D eigenvalue weighted by molar-refractivity contribution is 0.151. The first-order chi connectivity index (χ1) is 7.06. The molecule has 0 spiro atoms. The smallest absolute Gasteiger partial charge is 0.126 e. The summed E-state index contributed by atoms with van der Waals surface area (Å²) < 4.78 is 10.8. The summed E-state index contributed by atoms with van der Waals surface area (Å²) >= 11 is 0. The number of hydrogen-bond acceptors (Lipinski definition) is 2. The van der Waals surface area contributed by atoms with Gasteiger partial charge in [0.05, 0.1) is 13.2 Å². The fourth-order valence-corrected chi connectivity index (χ4v) is 1.12. The average Bonchev–Trinajstić information content (AvgIpc) is 2.18. The van der Waals surface area contributed by atoms with Gasteiger partial charge in [-0.1, -0.05) is 19.2 Å².